The number of halogens is 2. The first-order valence-electron chi connectivity index (χ1n) is 19.5. The molecule has 0 radical (unpaired) electrons. The number of hydrogen-bond acceptors (Lipinski definition) is 11. The lowest BCUT2D eigenvalue weighted by atomic mass is 9.94. The highest BCUT2D eigenvalue weighted by Gasteiger charge is 2.52. The highest BCUT2D eigenvalue weighted by Crippen LogP contribution is 2.47. The highest BCUT2D eigenvalue weighted by molar-refractivity contribution is 6.03. The lowest BCUT2D eigenvalue weighted by Crippen LogP contribution is -2.63. The van der Waals surface area contributed by atoms with Gasteiger partial charge in [0, 0.05) is 32.2 Å². The molecule has 55 heavy (non-hydrogen) atoms. The number of fused-ring (bicyclic) bond motifs is 7. The number of hydrogen-bond donors (Lipinski definition) is 0. The van der Waals surface area contributed by atoms with E-state index in [9.17, 15) is 9.18 Å². The van der Waals surface area contributed by atoms with Crippen LogP contribution in [-0.2, 0) is 15.9 Å². The molecule has 7 heterocycles. The van der Waals surface area contributed by atoms with E-state index in [2.05, 4.69) is 16.7 Å². The van der Waals surface area contributed by atoms with E-state index in [1.807, 2.05) is 49.9 Å². The van der Waals surface area contributed by atoms with E-state index in [1.165, 1.54) is 0 Å². The van der Waals surface area contributed by atoms with Crippen LogP contribution in [0.5, 0.6) is 17.6 Å². The van der Waals surface area contributed by atoms with E-state index in [0.717, 1.165) is 48.6 Å². The number of aryl methyl sites for hydroxylation is 1. The average molecular weight is 759 g/mol. The van der Waals surface area contributed by atoms with Gasteiger partial charge in [0.25, 0.3) is 0 Å². The Morgan fingerprint density at radius 2 is 1.93 bits per heavy atom. The Morgan fingerprint density at radius 3 is 2.73 bits per heavy atom. The maximum Gasteiger partial charge on any atom is 0.410 e. The number of nitrogens with zero attached hydrogens (tertiary/aromatic N) is 6. The number of ether oxygens (including phenoxy) is 5. The molecular formula is C41H48F2N6O6. The lowest BCUT2D eigenvalue weighted by Gasteiger charge is -2.46. The molecule has 0 N–H and O–H groups in total. The van der Waals surface area contributed by atoms with Gasteiger partial charge in [-0.15, -0.1) is 0 Å². The van der Waals surface area contributed by atoms with Crippen LogP contribution in [0.4, 0.5) is 19.4 Å². The molecule has 2 bridgehead atoms. The smallest absolute Gasteiger partial charge is 0.410 e. The van der Waals surface area contributed by atoms with Crippen LogP contribution in [0.2, 0.25) is 0 Å². The van der Waals surface area contributed by atoms with Gasteiger partial charge in [-0.3, -0.25) is 9.80 Å². The number of rotatable bonds is 8. The Labute approximate surface area is 319 Å². The summed E-state index contributed by atoms with van der Waals surface area (Å²) < 4.78 is 62.3. The summed E-state index contributed by atoms with van der Waals surface area (Å²) in [4.78, 5) is 34.4. The minimum atomic E-state index is -0.930. The molecule has 14 heteroatoms. The minimum Gasteiger partial charge on any atom is -0.475 e. The molecular weight excluding hydrogens is 710 g/mol. The number of carbonyl (C=O) groups is 1. The molecule has 12 nitrogen and oxygen atoms in total. The van der Waals surface area contributed by atoms with E-state index in [1.54, 1.807) is 13.2 Å². The summed E-state index contributed by atoms with van der Waals surface area (Å²) in [6, 6.07) is 8.94. The summed E-state index contributed by atoms with van der Waals surface area (Å²) in [6.45, 7) is 9.64. The van der Waals surface area contributed by atoms with Gasteiger partial charge >= 0.3 is 12.1 Å². The molecule has 5 aliphatic heterocycles. The summed E-state index contributed by atoms with van der Waals surface area (Å²) in [5.74, 6) is 0.495. The predicted molar refractivity (Wildman–Crippen MR) is 202 cm³/mol. The fourth-order valence-corrected chi connectivity index (χ4v) is 9.72. The third-order valence-corrected chi connectivity index (χ3v) is 12.0. The Balaban J connectivity index is 1.20. The molecule has 4 saturated heterocycles. The molecule has 2 aromatic carbocycles. The molecule has 4 fully saturated rings. The van der Waals surface area contributed by atoms with Gasteiger partial charge in [-0.1, -0.05) is 25.1 Å². The third-order valence-electron chi connectivity index (χ3n) is 12.0. The molecule has 5 aliphatic rings. The Bertz CT molecular complexity index is 2170. The minimum absolute atomic E-state index is 0.00638. The van der Waals surface area contributed by atoms with Gasteiger partial charge < -0.3 is 28.6 Å². The van der Waals surface area contributed by atoms with Crippen LogP contribution in [0.3, 0.4) is 0 Å². The van der Waals surface area contributed by atoms with Crippen LogP contribution in [0.1, 0.15) is 65.4 Å². The zero-order valence-corrected chi connectivity index (χ0v) is 32.1. The number of amides is 1. The van der Waals surface area contributed by atoms with Crippen LogP contribution in [0.15, 0.2) is 30.3 Å². The summed E-state index contributed by atoms with van der Waals surface area (Å²) in [6.07, 6.45) is 3.08. The maximum absolute atomic E-state index is 17.6. The number of piperazine rings is 1. The Hall–Kier alpha value is -4.56. The van der Waals surface area contributed by atoms with E-state index < -0.39 is 23.1 Å². The fraction of sp³-hybridized carbons (Fsp3) is 0.561. The van der Waals surface area contributed by atoms with Gasteiger partial charge in [-0.05, 0) is 87.9 Å². The Morgan fingerprint density at radius 1 is 1.07 bits per heavy atom. The largest absolute Gasteiger partial charge is 0.475 e. The Kier molecular flexibility index (Phi) is 8.91. The van der Waals surface area contributed by atoms with Crippen molar-refractivity contribution >= 4 is 33.6 Å². The molecule has 0 saturated carbocycles. The second kappa shape index (κ2) is 13.6. The van der Waals surface area contributed by atoms with Gasteiger partial charge in [0.15, 0.2) is 12.6 Å². The van der Waals surface area contributed by atoms with Crippen molar-refractivity contribution in [3.8, 4) is 28.9 Å². The zero-order chi connectivity index (χ0) is 38.2. The topological polar surface area (TPSA) is 112 Å². The zero-order valence-electron chi connectivity index (χ0n) is 32.1. The standard InChI is InChI=1S/C41H48F2N6O6/c1-6-23-9-7-10-24-15-27(54-22-51-5)16-28(31(23)24)34-33(43)35-32-36(46-38(45-35)53-21-41-13-8-14-47(41)18-25(42)17-41)48-19-26-11-12-29(30(48)20-52-37(32)44-34)49(26)39(50)55-40(2,3)4/h7,9-10,15-16,25-26,29-30H,6,8,11-14,17-22H2,1-5H3/t25-,26-,29+,30+,41-/m0/s1. The molecule has 1 amide bonds. The summed E-state index contributed by atoms with van der Waals surface area (Å²) in [7, 11) is 1.54. The van der Waals surface area contributed by atoms with Crippen LogP contribution in [-0.4, -0.2) is 113 Å². The van der Waals surface area contributed by atoms with Crippen molar-refractivity contribution in [1.82, 2.24) is 24.8 Å². The fourth-order valence-electron chi connectivity index (χ4n) is 9.72. The van der Waals surface area contributed by atoms with Crippen molar-refractivity contribution in [2.45, 2.75) is 102 Å². The number of anilines is 1. The second-order valence-electron chi connectivity index (χ2n) is 16.6. The van der Waals surface area contributed by atoms with Crippen molar-refractivity contribution in [3.63, 3.8) is 0 Å². The summed E-state index contributed by atoms with van der Waals surface area (Å²) in [5.41, 5.74) is 0.506. The molecule has 5 atom stereocenters. The second-order valence-corrected chi connectivity index (χ2v) is 16.6. The molecule has 292 valence electrons. The van der Waals surface area contributed by atoms with Crippen molar-refractivity contribution in [1.29, 1.82) is 0 Å². The number of aromatic nitrogens is 3. The number of methoxy groups -OCH3 is 1. The van der Waals surface area contributed by atoms with Gasteiger partial charge in [-0.2, -0.15) is 9.97 Å². The summed E-state index contributed by atoms with van der Waals surface area (Å²) >= 11 is 0. The normalized spacial score (nSPS) is 25.9. The van der Waals surface area contributed by atoms with Gasteiger partial charge in [0.1, 0.15) is 53.2 Å². The number of pyridine rings is 1. The third kappa shape index (κ3) is 6.16. The van der Waals surface area contributed by atoms with E-state index in [4.69, 9.17) is 38.6 Å². The predicted octanol–water partition coefficient (Wildman–Crippen LogP) is 6.83. The average Bonchev–Trinajstić information content (AvgIpc) is 3.76. The van der Waals surface area contributed by atoms with Crippen LogP contribution in [0.25, 0.3) is 32.9 Å². The first-order valence-corrected chi connectivity index (χ1v) is 19.5. The number of alkyl halides is 1. The van der Waals surface area contributed by atoms with Gasteiger partial charge in [0.05, 0.1) is 23.7 Å². The van der Waals surface area contributed by atoms with Crippen LogP contribution < -0.4 is 19.1 Å². The molecule has 0 spiro atoms. The monoisotopic (exact) mass is 758 g/mol. The first kappa shape index (κ1) is 36.1. The van der Waals surface area contributed by atoms with Crippen molar-refractivity contribution < 1.29 is 37.3 Å². The van der Waals surface area contributed by atoms with Gasteiger partial charge in [-0.25, -0.2) is 18.6 Å². The summed E-state index contributed by atoms with van der Waals surface area (Å²) in [5, 5.41) is 2.05. The van der Waals surface area contributed by atoms with Crippen LogP contribution in [0, 0.1) is 5.82 Å². The first-order chi connectivity index (χ1) is 26.5. The quantitative estimate of drug-likeness (QED) is 0.176. The molecule has 0 aliphatic carbocycles. The van der Waals surface area contributed by atoms with E-state index >= 15 is 4.39 Å². The van der Waals surface area contributed by atoms with E-state index in [-0.39, 0.29) is 67.3 Å². The molecule has 2 aromatic heterocycles. The number of benzene rings is 2. The van der Waals surface area contributed by atoms with Crippen molar-refractivity contribution in [2.24, 2.45) is 0 Å². The van der Waals surface area contributed by atoms with Crippen LogP contribution >= 0.6 is 0 Å². The molecule has 0 unspecified atom stereocenters. The van der Waals surface area contributed by atoms with E-state index in [0.29, 0.717) is 48.4 Å². The lowest BCUT2D eigenvalue weighted by molar-refractivity contribution is 0.00537. The maximum atomic E-state index is 17.6. The molecule has 4 aromatic rings. The van der Waals surface area contributed by atoms with Crippen molar-refractivity contribution in [2.75, 3.05) is 51.7 Å². The molecule has 9 rings (SSSR count). The SMILES string of the molecule is CCc1cccc2cc(OCOC)cc(-c3nc4c5c(nc(OC[C@@]67CCCN6C[C@@H](F)C7)nc5c3F)N3C[C@@H]5CC[C@H]([C@H]3CO4)N5C(=O)OC(C)(C)C)c12. The number of carbonyl (C=O) groups excluding carboxylic acids is 1. The van der Waals surface area contributed by atoms with Crippen molar-refractivity contribution in [3.05, 3.63) is 41.7 Å². The highest BCUT2D eigenvalue weighted by atomic mass is 19.1. The van der Waals surface area contributed by atoms with Gasteiger partial charge in [0.2, 0.25) is 5.88 Å².